The standard InChI is InChI=1S/C15H18Cl2N2O3/c1-8(18-9(2)20)15(21)19-12-4-3-7-22-14-10(12)5-6-11(16)13(14)17/h5-6,8,12H,3-4,7H2,1-2H3,(H,18,20)(H,19,21)/t8-,12-/m0/s1. The maximum Gasteiger partial charge on any atom is 0.242 e. The Kier molecular flexibility index (Phi) is 5.53. The minimum absolute atomic E-state index is 0.226. The zero-order chi connectivity index (χ0) is 16.3. The average Bonchev–Trinajstić information content (AvgIpc) is 2.65. The summed E-state index contributed by atoms with van der Waals surface area (Å²) in [5.41, 5.74) is 0.801. The van der Waals surface area contributed by atoms with E-state index in [-0.39, 0.29) is 17.9 Å². The molecule has 2 amide bonds. The van der Waals surface area contributed by atoms with Crippen LogP contribution in [0.5, 0.6) is 5.75 Å². The van der Waals surface area contributed by atoms with Crippen molar-refractivity contribution in [1.29, 1.82) is 0 Å². The number of carbonyl (C=O) groups excluding carboxylic acids is 2. The number of amides is 2. The number of rotatable bonds is 3. The summed E-state index contributed by atoms with van der Waals surface area (Å²) in [4.78, 5) is 23.2. The highest BCUT2D eigenvalue weighted by atomic mass is 35.5. The molecule has 2 atom stereocenters. The van der Waals surface area contributed by atoms with Gasteiger partial charge in [0.2, 0.25) is 11.8 Å². The fraction of sp³-hybridized carbons (Fsp3) is 0.467. The Morgan fingerprint density at radius 2 is 2.09 bits per heavy atom. The van der Waals surface area contributed by atoms with Gasteiger partial charge < -0.3 is 15.4 Å². The van der Waals surface area contributed by atoms with E-state index in [2.05, 4.69) is 10.6 Å². The minimum Gasteiger partial charge on any atom is -0.492 e. The van der Waals surface area contributed by atoms with Crippen LogP contribution >= 0.6 is 23.2 Å². The molecule has 22 heavy (non-hydrogen) atoms. The summed E-state index contributed by atoms with van der Waals surface area (Å²) in [6.07, 6.45) is 1.51. The fourth-order valence-electron chi connectivity index (χ4n) is 2.40. The van der Waals surface area contributed by atoms with Gasteiger partial charge in [-0.2, -0.15) is 0 Å². The van der Waals surface area contributed by atoms with E-state index < -0.39 is 6.04 Å². The number of nitrogens with one attached hydrogen (secondary N) is 2. The van der Waals surface area contributed by atoms with Crippen molar-refractivity contribution < 1.29 is 14.3 Å². The quantitative estimate of drug-likeness (QED) is 0.885. The van der Waals surface area contributed by atoms with Crippen molar-refractivity contribution in [3.8, 4) is 5.75 Å². The van der Waals surface area contributed by atoms with Crippen molar-refractivity contribution in [3.05, 3.63) is 27.7 Å². The lowest BCUT2D eigenvalue weighted by Gasteiger charge is -2.21. The van der Waals surface area contributed by atoms with Gasteiger partial charge in [-0.15, -0.1) is 0 Å². The second-order valence-corrected chi connectivity index (χ2v) is 6.04. The van der Waals surface area contributed by atoms with Crippen LogP contribution in [0.3, 0.4) is 0 Å². The Hall–Kier alpha value is -1.46. The molecule has 0 saturated heterocycles. The van der Waals surface area contributed by atoms with Crippen LogP contribution in [0.25, 0.3) is 0 Å². The number of carbonyl (C=O) groups is 2. The van der Waals surface area contributed by atoms with Gasteiger partial charge in [-0.05, 0) is 25.8 Å². The first kappa shape index (κ1) is 16.9. The van der Waals surface area contributed by atoms with E-state index in [0.29, 0.717) is 22.4 Å². The molecule has 1 aliphatic heterocycles. The Bertz CT molecular complexity index is 592. The van der Waals surface area contributed by atoms with E-state index in [1.54, 1.807) is 13.0 Å². The summed E-state index contributed by atoms with van der Waals surface area (Å²) >= 11 is 12.2. The molecule has 2 N–H and O–H groups in total. The lowest BCUT2D eigenvalue weighted by atomic mass is 10.0. The van der Waals surface area contributed by atoms with Crippen LogP contribution in [0.15, 0.2) is 12.1 Å². The average molecular weight is 345 g/mol. The first-order valence-electron chi connectivity index (χ1n) is 7.08. The van der Waals surface area contributed by atoms with Crippen molar-refractivity contribution in [2.75, 3.05) is 6.61 Å². The monoisotopic (exact) mass is 344 g/mol. The highest BCUT2D eigenvalue weighted by molar-refractivity contribution is 6.43. The number of benzene rings is 1. The van der Waals surface area contributed by atoms with Crippen LogP contribution < -0.4 is 15.4 Å². The van der Waals surface area contributed by atoms with Crippen LogP contribution in [0.2, 0.25) is 10.0 Å². The van der Waals surface area contributed by atoms with E-state index in [9.17, 15) is 9.59 Å². The molecule has 0 radical (unpaired) electrons. The zero-order valence-corrected chi connectivity index (χ0v) is 13.9. The molecule has 120 valence electrons. The van der Waals surface area contributed by atoms with E-state index in [1.807, 2.05) is 6.07 Å². The third kappa shape index (κ3) is 3.84. The molecule has 2 rings (SSSR count). The van der Waals surface area contributed by atoms with Crippen molar-refractivity contribution in [3.63, 3.8) is 0 Å². The molecular weight excluding hydrogens is 327 g/mol. The Morgan fingerprint density at radius 3 is 2.77 bits per heavy atom. The molecular formula is C15H18Cl2N2O3. The molecule has 1 heterocycles. The number of hydrogen-bond acceptors (Lipinski definition) is 3. The van der Waals surface area contributed by atoms with Gasteiger partial charge in [-0.25, -0.2) is 0 Å². The maximum atomic E-state index is 12.2. The molecule has 0 aliphatic carbocycles. The highest BCUT2D eigenvalue weighted by Gasteiger charge is 2.26. The highest BCUT2D eigenvalue weighted by Crippen LogP contribution is 2.40. The lowest BCUT2D eigenvalue weighted by Crippen LogP contribution is -2.45. The predicted octanol–water partition coefficient (Wildman–Crippen LogP) is 2.85. The summed E-state index contributed by atoms with van der Waals surface area (Å²) in [5, 5.41) is 6.27. The van der Waals surface area contributed by atoms with Crippen molar-refractivity contribution in [1.82, 2.24) is 10.6 Å². The lowest BCUT2D eigenvalue weighted by molar-refractivity contribution is -0.128. The van der Waals surface area contributed by atoms with Crippen LogP contribution in [0.4, 0.5) is 0 Å². The van der Waals surface area contributed by atoms with E-state index in [1.165, 1.54) is 6.92 Å². The maximum absolute atomic E-state index is 12.2. The molecule has 5 nitrogen and oxygen atoms in total. The Balaban J connectivity index is 2.21. The summed E-state index contributed by atoms with van der Waals surface area (Å²) in [6.45, 7) is 3.53. The summed E-state index contributed by atoms with van der Waals surface area (Å²) in [5.74, 6) is 0.0188. The van der Waals surface area contributed by atoms with Crippen molar-refractivity contribution >= 4 is 35.0 Å². The third-order valence-corrected chi connectivity index (χ3v) is 4.26. The van der Waals surface area contributed by atoms with Crippen molar-refractivity contribution in [2.45, 2.75) is 38.8 Å². The SMILES string of the molecule is CC(=O)N[C@@H](C)C(=O)N[C@H]1CCCOc2c1ccc(Cl)c2Cl. The summed E-state index contributed by atoms with van der Waals surface area (Å²) < 4.78 is 5.66. The zero-order valence-electron chi connectivity index (χ0n) is 12.4. The van der Waals surface area contributed by atoms with Gasteiger partial charge in [-0.3, -0.25) is 9.59 Å². The predicted molar refractivity (Wildman–Crippen MR) is 85.4 cm³/mol. The normalized spacial score (nSPS) is 18.5. The molecule has 1 aromatic rings. The molecule has 0 fully saturated rings. The van der Waals surface area contributed by atoms with Gasteiger partial charge >= 0.3 is 0 Å². The van der Waals surface area contributed by atoms with Gasteiger partial charge in [0.05, 0.1) is 17.7 Å². The van der Waals surface area contributed by atoms with E-state index in [0.717, 1.165) is 18.4 Å². The first-order valence-corrected chi connectivity index (χ1v) is 7.84. The number of halogens is 2. The molecule has 0 unspecified atom stereocenters. The fourth-order valence-corrected chi connectivity index (χ4v) is 2.78. The molecule has 7 heteroatoms. The smallest absolute Gasteiger partial charge is 0.242 e. The van der Waals surface area contributed by atoms with Crippen LogP contribution in [0, 0.1) is 0 Å². The van der Waals surface area contributed by atoms with Gasteiger partial charge in [-0.1, -0.05) is 29.3 Å². The number of ether oxygens (including phenoxy) is 1. The topological polar surface area (TPSA) is 67.4 Å². The van der Waals surface area contributed by atoms with Crippen molar-refractivity contribution in [2.24, 2.45) is 0 Å². The van der Waals surface area contributed by atoms with Crippen LogP contribution in [-0.2, 0) is 9.59 Å². The number of hydrogen-bond donors (Lipinski definition) is 2. The summed E-state index contributed by atoms with van der Waals surface area (Å²) in [7, 11) is 0. The molecule has 0 spiro atoms. The molecule has 0 saturated carbocycles. The van der Waals surface area contributed by atoms with Crippen LogP contribution in [0.1, 0.15) is 38.3 Å². The summed E-state index contributed by atoms with van der Waals surface area (Å²) in [6, 6.07) is 2.67. The van der Waals surface area contributed by atoms with Gasteiger partial charge in [0.25, 0.3) is 0 Å². The molecule has 0 aromatic heterocycles. The van der Waals surface area contributed by atoms with Gasteiger partial charge in [0.15, 0.2) is 0 Å². The van der Waals surface area contributed by atoms with E-state index >= 15 is 0 Å². The largest absolute Gasteiger partial charge is 0.492 e. The van der Waals surface area contributed by atoms with Gasteiger partial charge in [0.1, 0.15) is 16.8 Å². The molecule has 0 bridgehead atoms. The number of fused-ring (bicyclic) bond motifs is 1. The minimum atomic E-state index is -0.604. The second kappa shape index (κ2) is 7.20. The Labute approximate surface area is 139 Å². The third-order valence-electron chi connectivity index (χ3n) is 3.47. The van der Waals surface area contributed by atoms with Gasteiger partial charge in [0, 0.05) is 12.5 Å². The Morgan fingerprint density at radius 1 is 1.36 bits per heavy atom. The molecule has 1 aromatic carbocycles. The first-order chi connectivity index (χ1) is 10.4. The van der Waals surface area contributed by atoms with E-state index in [4.69, 9.17) is 27.9 Å². The second-order valence-electron chi connectivity index (χ2n) is 5.25. The van der Waals surface area contributed by atoms with Crippen LogP contribution in [-0.4, -0.2) is 24.5 Å². The molecule has 1 aliphatic rings.